The maximum absolute atomic E-state index is 11.3. The minimum Gasteiger partial charge on any atom is -0.445 e. The Kier molecular flexibility index (Phi) is 2.76. The Morgan fingerprint density at radius 3 is 2.75 bits per heavy atom. The molecular formula is C11H11NO4. The summed E-state index contributed by atoms with van der Waals surface area (Å²) in [6.45, 7) is 1.43. The van der Waals surface area contributed by atoms with Crippen LogP contribution in [0, 0.1) is 0 Å². The zero-order chi connectivity index (χ0) is 11.5. The first-order chi connectivity index (χ1) is 7.68. The minimum absolute atomic E-state index is 0.191. The van der Waals surface area contributed by atoms with E-state index in [1.807, 2.05) is 30.3 Å². The van der Waals surface area contributed by atoms with Crippen LogP contribution in [0.3, 0.4) is 0 Å². The van der Waals surface area contributed by atoms with Gasteiger partial charge in [-0.25, -0.2) is 4.79 Å². The van der Waals surface area contributed by atoms with E-state index in [4.69, 9.17) is 9.57 Å². The zero-order valence-electron chi connectivity index (χ0n) is 8.75. The number of hydrogen-bond acceptors (Lipinski definition) is 4. The van der Waals surface area contributed by atoms with Gasteiger partial charge in [0.1, 0.15) is 12.6 Å². The van der Waals surface area contributed by atoms with Crippen molar-refractivity contribution in [1.82, 2.24) is 5.06 Å². The van der Waals surface area contributed by atoms with Crippen LogP contribution in [0.4, 0.5) is 4.79 Å². The van der Waals surface area contributed by atoms with Gasteiger partial charge in [0.2, 0.25) is 0 Å². The molecule has 0 unspecified atom stereocenters. The summed E-state index contributed by atoms with van der Waals surface area (Å²) in [6.07, 6.45) is -0.635. The molecule has 0 aromatic heterocycles. The number of benzene rings is 1. The molecule has 0 spiro atoms. The van der Waals surface area contributed by atoms with Crippen molar-refractivity contribution < 1.29 is 19.2 Å². The number of carbonyl (C=O) groups excluding carboxylic acids is 2. The molecule has 1 saturated heterocycles. The largest absolute Gasteiger partial charge is 0.445 e. The highest BCUT2D eigenvalue weighted by atomic mass is 16.8. The Labute approximate surface area is 92.5 Å². The van der Waals surface area contributed by atoms with Crippen molar-refractivity contribution in [2.75, 3.05) is 6.61 Å². The van der Waals surface area contributed by atoms with Gasteiger partial charge in [-0.05, 0) is 5.56 Å². The standard InChI is InChI=1S/C11H11NO4/c1-8(13)16-12-10(7-15-11(12)14)9-5-3-2-4-6-9/h2-6,10H,7H2,1H3/t10-/m0/s1. The van der Waals surface area contributed by atoms with Crippen LogP contribution in [0.2, 0.25) is 0 Å². The smallest absolute Gasteiger partial charge is 0.444 e. The van der Waals surface area contributed by atoms with Crippen molar-refractivity contribution in [1.29, 1.82) is 0 Å². The highest BCUT2D eigenvalue weighted by Crippen LogP contribution is 2.27. The van der Waals surface area contributed by atoms with E-state index in [-0.39, 0.29) is 12.6 Å². The number of hydrogen-bond donors (Lipinski definition) is 0. The number of cyclic esters (lactones) is 1. The van der Waals surface area contributed by atoms with Gasteiger partial charge in [0, 0.05) is 6.92 Å². The second-order valence-corrected chi connectivity index (χ2v) is 3.41. The predicted octanol–water partition coefficient (Wildman–Crippen LogP) is 1.66. The van der Waals surface area contributed by atoms with Crippen LogP contribution in [-0.4, -0.2) is 23.7 Å². The molecule has 1 heterocycles. The Morgan fingerprint density at radius 1 is 1.44 bits per heavy atom. The van der Waals surface area contributed by atoms with Crippen LogP contribution in [0.5, 0.6) is 0 Å². The molecular weight excluding hydrogens is 210 g/mol. The quantitative estimate of drug-likeness (QED) is 0.762. The van der Waals surface area contributed by atoms with Crippen molar-refractivity contribution in [3.63, 3.8) is 0 Å². The van der Waals surface area contributed by atoms with Crippen molar-refractivity contribution in [3.05, 3.63) is 35.9 Å². The van der Waals surface area contributed by atoms with Gasteiger partial charge in [0.15, 0.2) is 0 Å². The summed E-state index contributed by atoms with van der Waals surface area (Å²) < 4.78 is 4.84. The molecule has 5 nitrogen and oxygen atoms in total. The number of ether oxygens (including phenoxy) is 1. The molecule has 84 valence electrons. The molecule has 0 aliphatic carbocycles. The maximum atomic E-state index is 11.3. The third-order valence-corrected chi connectivity index (χ3v) is 2.24. The van der Waals surface area contributed by atoms with E-state index in [1.165, 1.54) is 6.92 Å². The Morgan fingerprint density at radius 2 is 2.12 bits per heavy atom. The summed E-state index contributed by atoms with van der Waals surface area (Å²) in [5.41, 5.74) is 0.870. The summed E-state index contributed by atoms with van der Waals surface area (Å²) in [6, 6.07) is 8.91. The minimum atomic E-state index is -0.635. The SMILES string of the molecule is CC(=O)ON1C(=O)OC[C@H]1c1ccccc1. The van der Waals surface area contributed by atoms with E-state index < -0.39 is 12.1 Å². The Hall–Kier alpha value is -2.04. The Bertz CT molecular complexity index is 404. The normalized spacial score (nSPS) is 19.4. The van der Waals surface area contributed by atoms with Crippen molar-refractivity contribution in [3.8, 4) is 0 Å². The highest BCUT2D eigenvalue weighted by Gasteiger charge is 2.37. The van der Waals surface area contributed by atoms with Crippen LogP contribution in [-0.2, 0) is 14.4 Å². The first-order valence-corrected chi connectivity index (χ1v) is 4.88. The molecule has 0 N–H and O–H groups in total. The van der Waals surface area contributed by atoms with Gasteiger partial charge in [-0.15, -0.1) is 5.06 Å². The van der Waals surface area contributed by atoms with Crippen LogP contribution >= 0.6 is 0 Å². The van der Waals surface area contributed by atoms with Gasteiger partial charge in [0.25, 0.3) is 0 Å². The summed E-state index contributed by atoms with van der Waals surface area (Å²) in [4.78, 5) is 27.0. The first kappa shape index (κ1) is 10.5. The monoisotopic (exact) mass is 221 g/mol. The van der Waals surface area contributed by atoms with Gasteiger partial charge < -0.3 is 9.57 Å². The fourth-order valence-corrected chi connectivity index (χ4v) is 1.55. The van der Waals surface area contributed by atoms with Gasteiger partial charge in [0.05, 0.1) is 0 Å². The van der Waals surface area contributed by atoms with E-state index >= 15 is 0 Å². The summed E-state index contributed by atoms with van der Waals surface area (Å²) in [5, 5.41) is 0.970. The van der Waals surface area contributed by atoms with Gasteiger partial charge in [-0.2, -0.15) is 0 Å². The molecule has 1 fully saturated rings. The van der Waals surface area contributed by atoms with Crippen molar-refractivity contribution in [2.45, 2.75) is 13.0 Å². The van der Waals surface area contributed by atoms with E-state index in [0.717, 1.165) is 10.6 Å². The van der Waals surface area contributed by atoms with Crippen molar-refractivity contribution in [2.24, 2.45) is 0 Å². The lowest BCUT2D eigenvalue weighted by atomic mass is 10.1. The van der Waals surface area contributed by atoms with Crippen LogP contribution in [0.1, 0.15) is 18.5 Å². The first-order valence-electron chi connectivity index (χ1n) is 4.88. The van der Waals surface area contributed by atoms with E-state index in [1.54, 1.807) is 0 Å². The molecule has 16 heavy (non-hydrogen) atoms. The van der Waals surface area contributed by atoms with Crippen molar-refractivity contribution >= 4 is 12.1 Å². The van der Waals surface area contributed by atoms with Gasteiger partial charge in [-0.1, -0.05) is 30.3 Å². The topological polar surface area (TPSA) is 55.8 Å². The molecule has 1 amide bonds. The molecule has 0 radical (unpaired) electrons. The summed E-state index contributed by atoms with van der Waals surface area (Å²) in [5.74, 6) is -0.542. The number of rotatable bonds is 2. The number of amides is 1. The lowest BCUT2D eigenvalue weighted by molar-refractivity contribution is -0.178. The number of nitrogens with zero attached hydrogens (tertiary/aromatic N) is 1. The second-order valence-electron chi connectivity index (χ2n) is 3.41. The van der Waals surface area contributed by atoms with Crippen LogP contribution < -0.4 is 0 Å². The molecule has 0 saturated carbocycles. The zero-order valence-corrected chi connectivity index (χ0v) is 8.75. The molecule has 1 aliphatic heterocycles. The molecule has 1 aromatic rings. The predicted molar refractivity (Wildman–Crippen MR) is 54.1 cm³/mol. The molecule has 1 atom stereocenters. The third-order valence-electron chi connectivity index (χ3n) is 2.24. The fourth-order valence-electron chi connectivity index (χ4n) is 1.55. The average Bonchev–Trinajstić information content (AvgIpc) is 2.61. The average molecular weight is 221 g/mol. The molecule has 1 aromatic carbocycles. The molecule has 1 aliphatic rings. The molecule has 0 bridgehead atoms. The lowest BCUT2D eigenvalue weighted by Crippen LogP contribution is -2.29. The lowest BCUT2D eigenvalue weighted by Gasteiger charge is -2.18. The fraction of sp³-hybridized carbons (Fsp3) is 0.273. The third kappa shape index (κ3) is 1.98. The molecule has 2 rings (SSSR count). The number of hydroxylamine groups is 2. The molecule has 5 heteroatoms. The van der Waals surface area contributed by atoms with Crippen LogP contribution in [0.15, 0.2) is 30.3 Å². The van der Waals surface area contributed by atoms with Gasteiger partial charge in [-0.3, -0.25) is 4.79 Å². The number of carbonyl (C=O) groups is 2. The highest BCUT2D eigenvalue weighted by molar-refractivity contribution is 5.73. The van der Waals surface area contributed by atoms with E-state index in [9.17, 15) is 9.59 Å². The summed E-state index contributed by atoms with van der Waals surface area (Å²) >= 11 is 0. The second kappa shape index (κ2) is 4.22. The van der Waals surface area contributed by atoms with E-state index in [2.05, 4.69) is 0 Å². The maximum Gasteiger partial charge on any atom is 0.444 e. The van der Waals surface area contributed by atoms with Gasteiger partial charge >= 0.3 is 12.1 Å². The van der Waals surface area contributed by atoms with Crippen LogP contribution in [0.25, 0.3) is 0 Å². The summed E-state index contributed by atoms with van der Waals surface area (Å²) in [7, 11) is 0. The van der Waals surface area contributed by atoms with E-state index in [0.29, 0.717) is 0 Å². The Balaban J connectivity index is 2.21.